The number of benzene rings is 1. The van der Waals surface area contributed by atoms with Gasteiger partial charge in [0.25, 0.3) is 0 Å². The summed E-state index contributed by atoms with van der Waals surface area (Å²) >= 11 is 0. The number of carbonyl (C=O) groups is 1. The minimum atomic E-state index is -4.67. The zero-order chi connectivity index (χ0) is 24.0. The number of hydrogen-bond acceptors (Lipinski definition) is 5. The van der Waals surface area contributed by atoms with Crippen LogP contribution >= 0.6 is 0 Å². The molecule has 1 aliphatic rings. The van der Waals surface area contributed by atoms with E-state index in [4.69, 9.17) is 0 Å². The number of imidazole rings is 1. The predicted molar refractivity (Wildman–Crippen MR) is 115 cm³/mol. The van der Waals surface area contributed by atoms with Crippen LogP contribution in [-0.2, 0) is 21.0 Å². The Balaban J connectivity index is 1.63. The molecule has 3 heterocycles. The lowest BCUT2D eigenvalue weighted by Gasteiger charge is -2.33. The van der Waals surface area contributed by atoms with Crippen LogP contribution in [0.2, 0.25) is 0 Å². The zero-order valence-electron chi connectivity index (χ0n) is 17.9. The largest absolute Gasteiger partial charge is 0.449 e. The first kappa shape index (κ1) is 23.2. The molecule has 1 aliphatic heterocycles. The molecule has 1 N–H and O–H groups in total. The number of nitrogens with zero attached hydrogens (tertiary/aromatic N) is 4. The summed E-state index contributed by atoms with van der Waals surface area (Å²) in [5.74, 6) is -1.45. The summed E-state index contributed by atoms with van der Waals surface area (Å²) in [4.78, 5) is 19.3. The molecule has 2 aromatic heterocycles. The quantitative estimate of drug-likeness (QED) is 0.612. The second-order valence-corrected chi connectivity index (χ2v) is 9.87. The molecule has 3 aromatic rings. The maximum absolute atomic E-state index is 13.7. The normalized spacial score (nSPS) is 16.3. The molecule has 4 rings (SSSR count). The smallest absolute Gasteiger partial charge is 0.325 e. The monoisotopic (exact) mass is 481 g/mol. The van der Waals surface area contributed by atoms with Gasteiger partial charge in [0.1, 0.15) is 10.4 Å². The summed E-state index contributed by atoms with van der Waals surface area (Å²) in [6, 6.07) is 7.06. The Kier molecular flexibility index (Phi) is 5.91. The number of anilines is 1. The minimum Gasteiger partial charge on any atom is -0.325 e. The van der Waals surface area contributed by atoms with Crippen LogP contribution in [0.4, 0.5) is 18.9 Å². The number of amides is 1. The second kappa shape index (κ2) is 8.41. The molecular formula is C21H22F3N5O3S. The highest BCUT2D eigenvalue weighted by molar-refractivity contribution is 7.89. The third kappa shape index (κ3) is 4.44. The van der Waals surface area contributed by atoms with Gasteiger partial charge >= 0.3 is 6.18 Å². The van der Waals surface area contributed by atoms with Gasteiger partial charge in [-0.2, -0.15) is 17.5 Å². The molecule has 1 fully saturated rings. The fraction of sp³-hybridized carbons (Fsp3) is 0.381. The molecule has 12 heteroatoms. The van der Waals surface area contributed by atoms with E-state index in [1.165, 1.54) is 41.7 Å². The summed E-state index contributed by atoms with van der Waals surface area (Å²) in [5.41, 5.74) is 1.13. The molecule has 1 aromatic carbocycles. The topological polar surface area (TPSA) is 97.2 Å². The minimum absolute atomic E-state index is 0.0181. The van der Waals surface area contributed by atoms with Gasteiger partial charge in [0, 0.05) is 32.3 Å². The first-order chi connectivity index (χ1) is 15.5. The number of pyridine rings is 1. The SMILES string of the molecule is CC(=O)Nc1ccc(C)cc1S(=O)(=O)N1CCC(n2c(C(F)(F)F)nc3cccnc32)CC1. The lowest BCUT2D eigenvalue weighted by atomic mass is 10.1. The number of piperidine rings is 1. The van der Waals surface area contributed by atoms with E-state index in [-0.39, 0.29) is 47.7 Å². The predicted octanol–water partition coefficient (Wildman–Crippen LogP) is 3.74. The van der Waals surface area contributed by atoms with Crippen molar-refractivity contribution in [2.75, 3.05) is 18.4 Å². The number of hydrogen-bond donors (Lipinski definition) is 1. The van der Waals surface area contributed by atoms with Gasteiger partial charge in [0.15, 0.2) is 5.65 Å². The number of aryl methyl sites for hydroxylation is 1. The van der Waals surface area contributed by atoms with Gasteiger partial charge in [-0.25, -0.2) is 18.4 Å². The molecule has 0 aliphatic carbocycles. The number of alkyl halides is 3. The fourth-order valence-electron chi connectivity index (χ4n) is 4.09. The lowest BCUT2D eigenvalue weighted by molar-refractivity contribution is -0.147. The molecule has 0 radical (unpaired) electrons. The van der Waals surface area contributed by atoms with E-state index in [1.807, 2.05) is 0 Å². The summed E-state index contributed by atoms with van der Waals surface area (Å²) in [5, 5.41) is 2.53. The average molecular weight is 482 g/mol. The number of aromatic nitrogens is 3. The molecule has 0 spiro atoms. The first-order valence-corrected chi connectivity index (χ1v) is 11.7. The number of nitrogens with one attached hydrogen (secondary N) is 1. The van der Waals surface area contributed by atoms with Crippen molar-refractivity contribution in [2.24, 2.45) is 0 Å². The Labute approximate surface area is 188 Å². The van der Waals surface area contributed by atoms with E-state index in [2.05, 4.69) is 15.3 Å². The first-order valence-electron chi connectivity index (χ1n) is 10.3. The van der Waals surface area contributed by atoms with Gasteiger partial charge in [-0.3, -0.25) is 4.79 Å². The van der Waals surface area contributed by atoms with Crippen LogP contribution in [0.15, 0.2) is 41.4 Å². The van der Waals surface area contributed by atoms with E-state index < -0.39 is 34.0 Å². The summed E-state index contributed by atoms with van der Waals surface area (Å²) < 4.78 is 70.0. The van der Waals surface area contributed by atoms with Gasteiger partial charge in [-0.1, -0.05) is 6.07 Å². The maximum atomic E-state index is 13.7. The lowest BCUT2D eigenvalue weighted by Crippen LogP contribution is -2.40. The molecule has 0 saturated carbocycles. The van der Waals surface area contributed by atoms with E-state index in [1.54, 1.807) is 13.0 Å². The number of sulfonamides is 1. The molecule has 8 nitrogen and oxygen atoms in total. The second-order valence-electron chi connectivity index (χ2n) is 7.97. The van der Waals surface area contributed by atoms with Gasteiger partial charge in [0.05, 0.1) is 5.69 Å². The third-order valence-corrected chi connectivity index (χ3v) is 7.50. The van der Waals surface area contributed by atoms with Gasteiger partial charge in [-0.15, -0.1) is 0 Å². The molecule has 176 valence electrons. The number of fused-ring (bicyclic) bond motifs is 1. The van der Waals surface area contributed by atoms with Gasteiger partial charge in [0.2, 0.25) is 21.8 Å². The van der Waals surface area contributed by atoms with Crippen molar-refractivity contribution >= 4 is 32.8 Å². The standard InChI is InChI=1S/C21H22F3N5O3S/c1-13-5-6-16(26-14(2)30)18(12-13)33(31,32)28-10-7-15(8-11-28)29-19-17(4-3-9-25-19)27-20(29)21(22,23)24/h3-6,9,12,15H,7-8,10-11H2,1-2H3,(H,26,30). The molecule has 0 bridgehead atoms. The Hall–Kier alpha value is -2.99. The van der Waals surface area contributed by atoms with Crippen LogP contribution in [0.1, 0.15) is 37.2 Å². The number of halogens is 3. The van der Waals surface area contributed by atoms with Crippen LogP contribution in [0, 0.1) is 6.92 Å². The zero-order valence-corrected chi connectivity index (χ0v) is 18.7. The van der Waals surface area contributed by atoms with Crippen molar-refractivity contribution < 1.29 is 26.4 Å². The Morgan fingerprint density at radius 2 is 1.88 bits per heavy atom. The van der Waals surface area contributed by atoms with Crippen molar-refractivity contribution in [3.63, 3.8) is 0 Å². The van der Waals surface area contributed by atoms with Crippen molar-refractivity contribution in [2.45, 2.75) is 43.8 Å². The van der Waals surface area contributed by atoms with Crippen LogP contribution in [0.3, 0.4) is 0 Å². The Morgan fingerprint density at radius 3 is 2.52 bits per heavy atom. The molecular weight excluding hydrogens is 459 g/mol. The van der Waals surface area contributed by atoms with E-state index >= 15 is 0 Å². The van der Waals surface area contributed by atoms with Crippen LogP contribution in [0.5, 0.6) is 0 Å². The average Bonchev–Trinajstić information content (AvgIpc) is 3.15. The highest BCUT2D eigenvalue weighted by Crippen LogP contribution is 2.37. The summed E-state index contributed by atoms with van der Waals surface area (Å²) in [7, 11) is -3.98. The fourth-order valence-corrected chi connectivity index (χ4v) is 5.79. The number of carbonyl (C=O) groups excluding carboxylic acids is 1. The summed E-state index contributed by atoms with van der Waals surface area (Å²) in [6.45, 7) is 3.05. The molecule has 0 atom stereocenters. The third-order valence-electron chi connectivity index (χ3n) is 5.56. The van der Waals surface area contributed by atoms with Crippen molar-refractivity contribution in [3.05, 3.63) is 47.9 Å². The van der Waals surface area contributed by atoms with E-state index in [0.717, 1.165) is 4.57 Å². The van der Waals surface area contributed by atoms with Gasteiger partial charge in [-0.05, 0) is 49.6 Å². The Bertz CT molecular complexity index is 1310. The molecule has 33 heavy (non-hydrogen) atoms. The molecule has 0 unspecified atom stereocenters. The van der Waals surface area contributed by atoms with Crippen molar-refractivity contribution in [1.82, 2.24) is 18.8 Å². The van der Waals surface area contributed by atoms with Crippen LogP contribution in [-0.4, -0.2) is 46.3 Å². The highest BCUT2D eigenvalue weighted by atomic mass is 32.2. The van der Waals surface area contributed by atoms with E-state index in [9.17, 15) is 26.4 Å². The Morgan fingerprint density at radius 1 is 1.18 bits per heavy atom. The van der Waals surface area contributed by atoms with Crippen LogP contribution < -0.4 is 5.32 Å². The maximum Gasteiger partial charge on any atom is 0.449 e. The van der Waals surface area contributed by atoms with Crippen LogP contribution in [0.25, 0.3) is 11.2 Å². The highest BCUT2D eigenvalue weighted by Gasteiger charge is 2.41. The molecule has 1 amide bonds. The van der Waals surface area contributed by atoms with Crippen molar-refractivity contribution in [3.8, 4) is 0 Å². The van der Waals surface area contributed by atoms with Crippen molar-refractivity contribution in [1.29, 1.82) is 0 Å². The number of rotatable bonds is 4. The van der Waals surface area contributed by atoms with E-state index in [0.29, 0.717) is 5.56 Å². The summed E-state index contributed by atoms with van der Waals surface area (Å²) in [6.07, 6.45) is -2.95. The molecule has 1 saturated heterocycles. The van der Waals surface area contributed by atoms with Gasteiger partial charge < -0.3 is 9.88 Å².